The van der Waals surface area contributed by atoms with Crippen molar-refractivity contribution in [3.05, 3.63) is 131 Å². The highest BCUT2D eigenvalue weighted by Gasteiger charge is 2.12. The Labute approximate surface area is 198 Å². The van der Waals surface area contributed by atoms with Gasteiger partial charge in [-0.05, 0) is 42.3 Å². The Morgan fingerprint density at radius 3 is 2.38 bits per heavy atom. The van der Waals surface area contributed by atoms with Crippen LogP contribution in [-0.4, -0.2) is 21.4 Å². The number of carboxylic acid groups (broad SMARTS) is 1. The van der Waals surface area contributed by atoms with Gasteiger partial charge in [-0.15, -0.1) is 0 Å². The standard InChI is InChI=1S/C29H25NO4/c1-21-10-16-24(17-11-21)28(31)26-8-5-19-30(26)18-4-6-22-12-14-23(15-13-22)20-34-27-9-3-2-7-25(27)29(32)33/h2-17,19H,18,20H2,1H3,(H,32,33)/b6-4+. The van der Waals surface area contributed by atoms with Crippen LogP contribution in [0.5, 0.6) is 5.75 Å². The number of aryl methyl sites for hydroxylation is 1. The van der Waals surface area contributed by atoms with Crippen molar-refractivity contribution in [2.24, 2.45) is 0 Å². The summed E-state index contributed by atoms with van der Waals surface area (Å²) in [7, 11) is 0. The maximum absolute atomic E-state index is 12.8. The number of rotatable bonds is 9. The molecule has 0 radical (unpaired) electrons. The Bertz CT molecular complexity index is 1320. The van der Waals surface area contributed by atoms with Crippen molar-refractivity contribution >= 4 is 17.8 Å². The first-order chi connectivity index (χ1) is 16.5. The number of aromatic carboxylic acids is 1. The van der Waals surface area contributed by atoms with Crippen LogP contribution in [0.1, 0.15) is 43.1 Å². The summed E-state index contributed by atoms with van der Waals surface area (Å²) in [5.74, 6) is -0.656. The number of carboxylic acids is 1. The van der Waals surface area contributed by atoms with E-state index in [1.807, 2.05) is 90.5 Å². The number of benzene rings is 3. The van der Waals surface area contributed by atoms with Gasteiger partial charge >= 0.3 is 5.97 Å². The SMILES string of the molecule is Cc1ccc(C(=O)c2cccn2C/C=C/c2ccc(COc3ccccc3C(=O)O)cc2)cc1. The minimum absolute atomic E-state index is 0.00669. The maximum atomic E-state index is 12.8. The number of allylic oxidation sites excluding steroid dienone is 1. The number of nitrogens with zero attached hydrogens (tertiary/aromatic N) is 1. The van der Waals surface area contributed by atoms with Crippen LogP contribution in [0.4, 0.5) is 0 Å². The number of aromatic nitrogens is 1. The first-order valence-electron chi connectivity index (χ1n) is 11.0. The van der Waals surface area contributed by atoms with Crippen LogP contribution >= 0.6 is 0 Å². The van der Waals surface area contributed by atoms with Gasteiger partial charge in [-0.2, -0.15) is 0 Å². The zero-order chi connectivity index (χ0) is 23.9. The van der Waals surface area contributed by atoms with E-state index in [1.165, 1.54) is 6.07 Å². The van der Waals surface area contributed by atoms with Gasteiger partial charge in [0.15, 0.2) is 0 Å². The second kappa shape index (κ2) is 10.5. The Morgan fingerprint density at radius 1 is 0.912 bits per heavy atom. The molecule has 4 aromatic rings. The van der Waals surface area contributed by atoms with Crippen LogP contribution in [0, 0.1) is 6.92 Å². The zero-order valence-corrected chi connectivity index (χ0v) is 18.8. The fourth-order valence-electron chi connectivity index (χ4n) is 3.59. The summed E-state index contributed by atoms with van der Waals surface area (Å²) in [4.78, 5) is 24.1. The maximum Gasteiger partial charge on any atom is 0.339 e. The molecule has 170 valence electrons. The van der Waals surface area contributed by atoms with Crippen molar-refractivity contribution in [1.82, 2.24) is 4.57 Å². The van der Waals surface area contributed by atoms with Crippen molar-refractivity contribution in [1.29, 1.82) is 0 Å². The van der Waals surface area contributed by atoms with E-state index in [2.05, 4.69) is 0 Å². The molecule has 0 fully saturated rings. The Morgan fingerprint density at radius 2 is 1.65 bits per heavy atom. The van der Waals surface area contributed by atoms with E-state index in [9.17, 15) is 14.7 Å². The van der Waals surface area contributed by atoms with Gasteiger partial charge < -0.3 is 14.4 Å². The first kappa shape index (κ1) is 22.8. The third-order valence-corrected chi connectivity index (χ3v) is 5.48. The molecule has 0 atom stereocenters. The summed E-state index contributed by atoms with van der Waals surface area (Å²) in [5.41, 5.74) is 4.56. The molecule has 0 spiro atoms. The molecule has 0 bridgehead atoms. The van der Waals surface area contributed by atoms with Gasteiger partial charge in [0, 0.05) is 18.3 Å². The Balaban J connectivity index is 1.36. The minimum Gasteiger partial charge on any atom is -0.488 e. The predicted molar refractivity (Wildman–Crippen MR) is 132 cm³/mol. The molecule has 0 aliphatic rings. The summed E-state index contributed by atoms with van der Waals surface area (Å²) < 4.78 is 7.63. The molecule has 1 heterocycles. The number of ether oxygens (including phenoxy) is 1. The van der Waals surface area contributed by atoms with Gasteiger partial charge in [-0.3, -0.25) is 4.79 Å². The number of carbonyl (C=O) groups is 2. The Kier molecular flexibility index (Phi) is 7.04. The normalized spacial score (nSPS) is 11.0. The van der Waals surface area contributed by atoms with Crippen molar-refractivity contribution < 1.29 is 19.4 Å². The van der Waals surface area contributed by atoms with Crippen LogP contribution in [0.15, 0.2) is 97.2 Å². The lowest BCUT2D eigenvalue weighted by Crippen LogP contribution is -2.09. The second-order valence-corrected chi connectivity index (χ2v) is 7.97. The van der Waals surface area contributed by atoms with Crippen molar-refractivity contribution in [2.75, 3.05) is 0 Å². The number of para-hydroxylation sites is 1. The molecule has 0 unspecified atom stereocenters. The second-order valence-electron chi connectivity index (χ2n) is 7.97. The highest BCUT2D eigenvalue weighted by molar-refractivity contribution is 6.08. The third kappa shape index (κ3) is 5.51. The predicted octanol–water partition coefficient (Wildman–Crippen LogP) is 6.02. The van der Waals surface area contributed by atoms with Gasteiger partial charge in [0.2, 0.25) is 5.78 Å². The number of carbonyl (C=O) groups excluding carboxylic acids is 1. The van der Waals surface area contributed by atoms with Crippen LogP contribution in [-0.2, 0) is 13.2 Å². The molecule has 5 heteroatoms. The van der Waals surface area contributed by atoms with Crippen LogP contribution in [0.25, 0.3) is 6.08 Å². The summed E-state index contributed by atoms with van der Waals surface area (Å²) >= 11 is 0. The summed E-state index contributed by atoms with van der Waals surface area (Å²) in [6.07, 6.45) is 5.92. The van der Waals surface area contributed by atoms with E-state index >= 15 is 0 Å². The molecule has 4 rings (SSSR count). The largest absolute Gasteiger partial charge is 0.488 e. The molecule has 34 heavy (non-hydrogen) atoms. The highest BCUT2D eigenvalue weighted by atomic mass is 16.5. The average Bonchev–Trinajstić information content (AvgIpc) is 3.32. The summed E-state index contributed by atoms with van der Waals surface area (Å²) in [6.45, 7) is 2.86. The smallest absolute Gasteiger partial charge is 0.339 e. The van der Waals surface area contributed by atoms with Gasteiger partial charge in [-0.1, -0.05) is 78.4 Å². The van der Waals surface area contributed by atoms with E-state index < -0.39 is 5.97 Å². The molecule has 5 nitrogen and oxygen atoms in total. The van der Waals surface area contributed by atoms with Gasteiger partial charge in [0.05, 0.1) is 5.69 Å². The van der Waals surface area contributed by atoms with Crippen LogP contribution in [0.3, 0.4) is 0 Å². The molecule has 1 aromatic heterocycles. The minimum atomic E-state index is -1.01. The van der Waals surface area contributed by atoms with Gasteiger partial charge in [0.1, 0.15) is 17.9 Å². The molecular formula is C29H25NO4. The fourth-order valence-corrected chi connectivity index (χ4v) is 3.59. The average molecular weight is 452 g/mol. The first-order valence-corrected chi connectivity index (χ1v) is 11.0. The van der Waals surface area contributed by atoms with E-state index in [1.54, 1.807) is 18.2 Å². The van der Waals surface area contributed by atoms with Crippen molar-refractivity contribution in [3.63, 3.8) is 0 Å². The van der Waals surface area contributed by atoms with Crippen LogP contribution in [0.2, 0.25) is 0 Å². The molecule has 0 aliphatic heterocycles. The van der Waals surface area contributed by atoms with Gasteiger partial charge in [0.25, 0.3) is 0 Å². The molecule has 3 aromatic carbocycles. The van der Waals surface area contributed by atoms with Gasteiger partial charge in [-0.25, -0.2) is 4.79 Å². The number of hydrogen-bond donors (Lipinski definition) is 1. The van der Waals surface area contributed by atoms with Crippen molar-refractivity contribution in [3.8, 4) is 5.75 Å². The molecular weight excluding hydrogens is 426 g/mol. The lowest BCUT2D eigenvalue weighted by atomic mass is 10.1. The van der Waals surface area contributed by atoms with E-state index in [0.29, 0.717) is 23.6 Å². The number of ketones is 1. The van der Waals surface area contributed by atoms with E-state index in [0.717, 1.165) is 16.7 Å². The molecule has 0 amide bonds. The molecule has 1 N–H and O–H groups in total. The lowest BCUT2D eigenvalue weighted by molar-refractivity contribution is 0.0691. The van der Waals surface area contributed by atoms with Crippen LogP contribution < -0.4 is 4.74 Å². The third-order valence-electron chi connectivity index (χ3n) is 5.48. The molecule has 0 saturated carbocycles. The topological polar surface area (TPSA) is 68.5 Å². The monoisotopic (exact) mass is 451 g/mol. The van der Waals surface area contributed by atoms with Crippen molar-refractivity contribution in [2.45, 2.75) is 20.1 Å². The fraction of sp³-hybridized carbons (Fsp3) is 0.103. The summed E-state index contributed by atoms with van der Waals surface area (Å²) in [5, 5.41) is 9.26. The quantitative estimate of drug-likeness (QED) is 0.316. The molecule has 0 aliphatic carbocycles. The highest BCUT2D eigenvalue weighted by Crippen LogP contribution is 2.20. The number of hydrogen-bond acceptors (Lipinski definition) is 3. The zero-order valence-electron chi connectivity index (χ0n) is 18.8. The van der Waals surface area contributed by atoms with E-state index in [-0.39, 0.29) is 18.0 Å². The Hall–Kier alpha value is -4.38. The van der Waals surface area contributed by atoms with E-state index in [4.69, 9.17) is 4.74 Å². The molecule has 0 saturated heterocycles. The summed E-state index contributed by atoms with van der Waals surface area (Å²) in [6, 6.07) is 25.8. The lowest BCUT2D eigenvalue weighted by Gasteiger charge is -2.09.